The Morgan fingerprint density at radius 3 is 2.73 bits per heavy atom. The van der Waals surface area contributed by atoms with Gasteiger partial charge in [0.1, 0.15) is 0 Å². The van der Waals surface area contributed by atoms with Gasteiger partial charge in [-0.3, -0.25) is 4.21 Å². The van der Waals surface area contributed by atoms with E-state index in [9.17, 15) is 4.21 Å². The number of hydrogen-bond donors (Lipinski definition) is 1. The maximum absolute atomic E-state index is 10.8. The van der Waals surface area contributed by atoms with Crippen molar-refractivity contribution in [2.24, 2.45) is 0 Å². The van der Waals surface area contributed by atoms with Gasteiger partial charge in [-0.15, -0.1) is 11.3 Å². The zero-order chi connectivity index (χ0) is 11.1. The Kier molecular flexibility index (Phi) is 6.13. The SMILES string of the molecule is CCc1ccc(CNCCCS(C)=O)s1. The molecule has 1 unspecified atom stereocenters. The minimum Gasteiger partial charge on any atom is -0.312 e. The maximum atomic E-state index is 10.8. The number of rotatable bonds is 7. The van der Waals surface area contributed by atoms with E-state index in [2.05, 4.69) is 24.4 Å². The van der Waals surface area contributed by atoms with Crippen LogP contribution in [0.1, 0.15) is 23.1 Å². The lowest BCUT2D eigenvalue weighted by Crippen LogP contribution is -2.15. The van der Waals surface area contributed by atoms with Crippen molar-refractivity contribution in [1.82, 2.24) is 5.32 Å². The van der Waals surface area contributed by atoms with Gasteiger partial charge in [-0.25, -0.2) is 0 Å². The van der Waals surface area contributed by atoms with Crippen molar-refractivity contribution in [1.29, 1.82) is 0 Å². The van der Waals surface area contributed by atoms with Crippen LogP contribution in [0.5, 0.6) is 0 Å². The zero-order valence-corrected chi connectivity index (χ0v) is 11.0. The van der Waals surface area contributed by atoms with E-state index >= 15 is 0 Å². The van der Waals surface area contributed by atoms with Gasteiger partial charge in [-0.05, 0) is 31.5 Å². The minimum absolute atomic E-state index is 0.648. The first kappa shape index (κ1) is 12.9. The third-order valence-electron chi connectivity index (χ3n) is 2.15. The standard InChI is InChI=1S/C11H19NOS2/c1-3-10-5-6-11(14-10)9-12-7-4-8-15(2)13/h5-6,12H,3-4,7-9H2,1-2H3. The van der Waals surface area contributed by atoms with Gasteiger partial charge in [-0.1, -0.05) is 6.92 Å². The van der Waals surface area contributed by atoms with Gasteiger partial charge in [0.2, 0.25) is 0 Å². The third-order valence-corrected chi connectivity index (χ3v) is 4.24. The molecule has 0 fully saturated rings. The minimum atomic E-state index is -0.648. The van der Waals surface area contributed by atoms with E-state index < -0.39 is 10.8 Å². The van der Waals surface area contributed by atoms with Crippen LogP contribution in [0, 0.1) is 0 Å². The second-order valence-electron chi connectivity index (χ2n) is 3.53. The summed E-state index contributed by atoms with van der Waals surface area (Å²) in [6, 6.07) is 4.39. The molecule has 0 saturated carbocycles. The van der Waals surface area contributed by atoms with Gasteiger partial charge in [0, 0.05) is 39.1 Å². The van der Waals surface area contributed by atoms with Crippen LogP contribution in [0.15, 0.2) is 12.1 Å². The highest BCUT2D eigenvalue weighted by molar-refractivity contribution is 7.84. The van der Waals surface area contributed by atoms with Crippen LogP contribution in [0.4, 0.5) is 0 Å². The predicted octanol–water partition coefficient (Wildman–Crippen LogP) is 2.17. The topological polar surface area (TPSA) is 29.1 Å². The van der Waals surface area contributed by atoms with E-state index in [1.54, 1.807) is 6.26 Å². The highest BCUT2D eigenvalue weighted by Gasteiger charge is 1.98. The lowest BCUT2D eigenvalue weighted by Gasteiger charge is -2.01. The summed E-state index contributed by atoms with van der Waals surface area (Å²) in [5, 5.41) is 3.37. The van der Waals surface area contributed by atoms with Crippen molar-refractivity contribution in [2.45, 2.75) is 26.3 Å². The molecule has 0 spiro atoms. The molecule has 1 N–H and O–H groups in total. The molecule has 1 aromatic rings. The fraction of sp³-hybridized carbons (Fsp3) is 0.636. The molecule has 0 bridgehead atoms. The quantitative estimate of drug-likeness (QED) is 0.746. The molecular weight excluding hydrogens is 226 g/mol. The maximum Gasteiger partial charge on any atom is 0.0299 e. The molecule has 4 heteroatoms. The van der Waals surface area contributed by atoms with Crippen molar-refractivity contribution >= 4 is 22.1 Å². The van der Waals surface area contributed by atoms with Crippen molar-refractivity contribution in [2.75, 3.05) is 18.6 Å². The average molecular weight is 245 g/mol. The first-order valence-electron chi connectivity index (χ1n) is 5.30. The fourth-order valence-corrected chi connectivity index (χ4v) is 2.80. The zero-order valence-electron chi connectivity index (χ0n) is 9.41. The van der Waals surface area contributed by atoms with Crippen molar-refractivity contribution in [3.63, 3.8) is 0 Å². The molecule has 0 aromatic carbocycles. The normalized spacial score (nSPS) is 12.9. The summed E-state index contributed by atoms with van der Waals surface area (Å²) < 4.78 is 10.8. The molecule has 0 aliphatic rings. The first-order chi connectivity index (χ1) is 7.22. The molecule has 1 rings (SSSR count). The Labute approximate surface area is 98.6 Å². The number of aryl methyl sites for hydroxylation is 1. The average Bonchev–Trinajstić information content (AvgIpc) is 2.65. The molecular formula is C11H19NOS2. The van der Waals surface area contributed by atoms with E-state index in [0.29, 0.717) is 0 Å². The Morgan fingerprint density at radius 2 is 2.13 bits per heavy atom. The lowest BCUT2D eigenvalue weighted by molar-refractivity contribution is 0.665. The van der Waals surface area contributed by atoms with E-state index in [1.165, 1.54) is 9.75 Å². The molecule has 0 radical (unpaired) electrons. The summed E-state index contributed by atoms with van der Waals surface area (Å²) >= 11 is 1.87. The molecule has 0 amide bonds. The van der Waals surface area contributed by atoms with Crippen LogP contribution in [-0.2, 0) is 23.8 Å². The molecule has 0 aliphatic carbocycles. The van der Waals surface area contributed by atoms with Crippen LogP contribution in [0.3, 0.4) is 0 Å². The van der Waals surface area contributed by atoms with Crippen LogP contribution in [-0.4, -0.2) is 22.8 Å². The molecule has 2 nitrogen and oxygen atoms in total. The van der Waals surface area contributed by atoms with Gasteiger partial charge in [0.25, 0.3) is 0 Å². The monoisotopic (exact) mass is 245 g/mol. The largest absolute Gasteiger partial charge is 0.312 e. The second kappa shape index (κ2) is 7.14. The molecule has 1 heterocycles. The third kappa shape index (κ3) is 5.44. The van der Waals surface area contributed by atoms with Gasteiger partial charge in [0.05, 0.1) is 0 Å². The van der Waals surface area contributed by atoms with E-state index in [-0.39, 0.29) is 0 Å². The number of nitrogens with one attached hydrogen (secondary N) is 1. The van der Waals surface area contributed by atoms with Crippen LogP contribution in [0.2, 0.25) is 0 Å². The highest BCUT2D eigenvalue weighted by atomic mass is 32.2. The van der Waals surface area contributed by atoms with Crippen LogP contribution in [0.25, 0.3) is 0 Å². The Balaban J connectivity index is 2.12. The van der Waals surface area contributed by atoms with Gasteiger partial charge >= 0.3 is 0 Å². The first-order valence-corrected chi connectivity index (χ1v) is 7.85. The Bertz CT molecular complexity index is 309. The van der Waals surface area contributed by atoms with Gasteiger partial charge < -0.3 is 5.32 Å². The predicted molar refractivity (Wildman–Crippen MR) is 69.0 cm³/mol. The summed E-state index contributed by atoms with van der Waals surface area (Å²) in [7, 11) is -0.648. The van der Waals surface area contributed by atoms with E-state index in [0.717, 1.165) is 31.7 Å². The molecule has 0 saturated heterocycles. The Morgan fingerprint density at radius 1 is 1.40 bits per heavy atom. The highest BCUT2D eigenvalue weighted by Crippen LogP contribution is 2.16. The summed E-state index contributed by atoms with van der Waals surface area (Å²) in [4.78, 5) is 2.84. The van der Waals surface area contributed by atoms with Crippen molar-refractivity contribution < 1.29 is 4.21 Å². The van der Waals surface area contributed by atoms with Crippen molar-refractivity contribution in [3.8, 4) is 0 Å². The summed E-state index contributed by atoms with van der Waals surface area (Å²) in [5.41, 5.74) is 0. The fourth-order valence-electron chi connectivity index (χ4n) is 1.32. The van der Waals surface area contributed by atoms with E-state index in [4.69, 9.17) is 0 Å². The van der Waals surface area contributed by atoms with Crippen molar-refractivity contribution in [3.05, 3.63) is 21.9 Å². The van der Waals surface area contributed by atoms with Crippen LogP contribution < -0.4 is 5.32 Å². The van der Waals surface area contributed by atoms with Gasteiger partial charge in [-0.2, -0.15) is 0 Å². The molecule has 15 heavy (non-hydrogen) atoms. The smallest absolute Gasteiger partial charge is 0.0299 e. The number of hydrogen-bond acceptors (Lipinski definition) is 3. The van der Waals surface area contributed by atoms with Gasteiger partial charge in [0.15, 0.2) is 0 Å². The number of thiophene rings is 1. The summed E-state index contributed by atoms with van der Waals surface area (Å²) in [6.07, 6.45) is 3.88. The molecule has 0 aliphatic heterocycles. The molecule has 1 atom stereocenters. The van der Waals surface area contributed by atoms with E-state index in [1.807, 2.05) is 11.3 Å². The molecule has 1 aromatic heterocycles. The summed E-state index contributed by atoms with van der Waals surface area (Å²) in [5.74, 6) is 0.803. The summed E-state index contributed by atoms with van der Waals surface area (Å²) in [6.45, 7) is 4.08. The molecule has 86 valence electrons. The Hall–Kier alpha value is -0.190. The van der Waals surface area contributed by atoms with Crippen LogP contribution >= 0.6 is 11.3 Å². The second-order valence-corrected chi connectivity index (χ2v) is 6.34. The lowest BCUT2D eigenvalue weighted by atomic mass is 10.3.